The molecule has 1 aliphatic rings. The lowest BCUT2D eigenvalue weighted by Gasteiger charge is -2.35. The van der Waals surface area contributed by atoms with Gasteiger partial charge in [-0.25, -0.2) is 0 Å². The van der Waals surface area contributed by atoms with Gasteiger partial charge >= 0.3 is 5.97 Å². The van der Waals surface area contributed by atoms with E-state index >= 15 is 0 Å². The first-order valence-corrected chi connectivity index (χ1v) is 7.99. The van der Waals surface area contributed by atoms with E-state index < -0.39 is 5.97 Å². The maximum Gasteiger partial charge on any atom is 0.304 e. The highest BCUT2D eigenvalue weighted by atomic mass is 16.4. The Hall–Kier alpha value is -1.92. The van der Waals surface area contributed by atoms with Gasteiger partial charge in [0.15, 0.2) is 0 Å². The lowest BCUT2D eigenvalue weighted by Crippen LogP contribution is -2.50. The molecule has 2 rings (SSSR count). The number of amides is 1. The molecule has 23 heavy (non-hydrogen) atoms. The number of carbonyl (C=O) groups is 2. The second-order valence-corrected chi connectivity index (χ2v) is 6.02. The standard InChI is InChI=1S/C17H25N3O3/c1-18(8-7-17(22)23)14-16(21)20-11-9-19(10-12-20)13-15-5-3-2-4-6-15/h2-6H,7-14H2,1H3,(H,22,23). The third-order valence-corrected chi connectivity index (χ3v) is 4.09. The molecule has 0 atom stereocenters. The normalized spacial score (nSPS) is 15.8. The van der Waals surface area contributed by atoms with Crippen LogP contribution in [0.1, 0.15) is 12.0 Å². The van der Waals surface area contributed by atoms with Gasteiger partial charge in [-0.2, -0.15) is 0 Å². The Morgan fingerprint density at radius 2 is 1.78 bits per heavy atom. The van der Waals surface area contributed by atoms with Crippen LogP contribution < -0.4 is 0 Å². The molecule has 0 bridgehead atoms. The van der Waals surface area contributed by atoms with Crippen LogP contribution in [0.2, 0.25) is 0 Å². The molecule has 0 spiro atoms. The fraction of sp³-hybridized carbons (Fsp3) is 0.529. The Bertz CT molecular complexity index is 513. The summed E-state index contributed by atoms with van der Waals surface area (Å²) in [5.41, 5.74) is 1.29. The van der Waals surface area contributed by atoms with Gasteiger partial charge in [0.2, 0.25) is 5.91 Å². The van der Waals surface area contributed by atoms with Crippen molar-refractivity contribution in [3.63, 3.8) is 0 Å². The van der Waals surface area contributed by atoms with Crippen molar-refractivity contribution < 1.29 is 14.7 Å². The first-order valence-electron chi connectivity index (χ1n) is 7.99. The van der Waals surface area contributed by atoms with Crippen LogP contribution in [-0.2, 0) is 16.1 Å². The van der Waals surface area contributed by atoms with Crippen molar-refractivity contribution in [2.45, 2.75) is 13.0 Å². The van der Waals surface area contributed by atoms with Crippen LogP contribution in [0, 0.1) is 0 Å². The summed E-state index contributed by atoms with van der Waals surface area (Å²) in [6, 6.07) is 10.3. The van der Waals surface area contributed by atoms with Crippen molar-refractivity contribution >= 4 is 11.9 Å². The second kappa shape index (κ2) is 8.64. The largest absolute Gasteiger partial charge is 0.481 e. The van der Waals surface area contributed by atoms with Crippen molar-refractivity contribution in [3.8, 4) is 0 Å². The van der Waals surface area contributed by atoms with Crippen LogP contribution in [0.4, 0.5) is 0 Å². The topological polar surface area (TPSA) is 64.1 Å². The molecule has 1 aromatic carbocycles. The number of piperazine rings is 1. The lowest BCUT2D eigenvalue weighted by molar-refractivity contribution is -0.138. The molecule has 1 fully saturated rings. The van der Waals surface area contributed by atoms with Crippen LogP contribution in [0.3, 0.4) is 0 Å². The number of benzene rings is 1. The lowest BCUT2D eigenvalue weighted by atomic mass is 10.2. The summed E-state index contributed by atoms with van der Waals surface area (Å²) in [6.45, 7) is 4.82. The molecule has 0 aliphatic carbocycles. The van der Waals surface area contributed by atoms with E-state index in [0.717, 1.165) is 32.7 Å². The predicted octanol–water partition coefficient (Wildman–Crippen LogP) is 0.737. The quantitative estimate of drug-likeness (QED) is 0.803. The van der Waals surface area contributed by atoms with E-state index in [9.17, 15) is 9.59 Å². The van der Waals surface area contributed by atoms with Crippen LogP contribution in [0.15, 0.2) is 30.3 Å². The molecule has 1 aromatic rings. The molecule has 126 valence electrons. The Morgan fingerprint density at radius 1 is 1.13 bits per heavy atom. The summed E-state index contributed by atoms with van der Waals surface area (Å²) in [5.74, 6) is -0.754. The number of rotatable bonds is 7. The number of hydrogen-bond acceptors (Lipinski definition) is 4. The summed E-state index contributed by atoms with van der Waals surface area (Å²) < 4.78 is 0. The Morgan fingerprint density at radius 3 is 2.39 bits per heavy atom. The summed E-state index contributed by atoms with van der Waals surface area (Å²) in [7, 11) is 1.78. The minimum atomic E-state index is -0.834. The average molecular weight is 319 g/mol. The highest BCUT2D eigenvalue weighted by molar-refractivity contribution is 5.78. The van der Waals surface area contributed by atoms with Gasteiger partial charge < -0.3 is 10.0 Å². The summed E-state index contributed by atoms with van der Waals surface area (Å²) in [5, 5.41) is 8.67. The monoisotopic (exact) mass is 319 g/mol. The van der Waals surface area contributed by atoms with E-state index in [0.29, 0.717) is 6.54 Å². The number of carboxylic acids is 1. The molecule has 0 saturated carbocycles. The average Bonchev–Trinajstić information content (AvgIpc) is 2.54. The Labute approximate surface area is 137 Å². The maximum atomic E-state index is 12.2. The van der Waals surface area contributed by atoms with Gasteiger partial charge in [0.05, 0.1) is 13.0 Å². The third-order valence-electron chi connectivity index (χ3n) is 4.09. The smallest absolute Gasteiger partial charge is 0.304 e. The summed E-state index contributed by atoms with van der Waals surface area (Å²) >= 11 is 0. The number of carboxylic acid groups (broad SMARTS) is 1. The summed E-state index contributed by atoms with van der Waals surface area (Å²) in [4.78, 5) is 28.8. The van der Waals surface area contributed by atoms with Crippen molar-refractivity contribution in [2.24, 2.45) is 0 Å². The number of aliphatic carboxylic acids is 1. The number of hydrogen-bond donors (Lipinski definition) is 1. The molecule has 1 aliphatic heterocycles. The van der Waals surface area contributed by atoms with E-state index in [-0.39, 0.29) is 18.9 Å². The van der Waals surface area contributed by atoms with Crippen molar-refractivity contribution in [3.05, 3.63) is 35.9 Å². The Balaban J connectivity index is 1.71. The van der Waals surface area contributed by atoms with Gasteiger partial charge in [0.25, 0.3) is 0 Å². The van der Waals surface area contributed by atoms with E-state index in [4.69, 9.17) is 5.11 Å². The maximum absolute atomic E-state index is 12.2. The molecule has 6 heteroatoms. The summed E-state index contributed by atoms with van der Waals surface area (Å²) in [6.07, 6.45) is 0.0641. The molecule has 1 saturated heterocycles. The molecular weight excluding hydrogens is 294 g/mol. The van der Waals surface area contributed by atoms with E-state index in [1.807, 2.05) is 23.1 Å². The molecular formula is C17H25N3O3. The van der Waals surface area contributed by atoms with Crippen molar-refractivity contribution in [1.82, 2.24) is 14.7 Å². The first-order chi connectivity index (χ1) is 11.0. The van der Waals surface area contributed by atoms with Crippen LogP contribution in [0.25, 0.3) is 0 Å². The van der Waals surface area contributed by atoms with Crippen LogP contribution >= 0.6 is 0 Å². The zero-order valence-corrected chi connectivity index (χ0v) is 13.6. The molecule has 0 aromatic heterocycles. The van der Waals surface area contributed by atoms with E-state index in [1.165, 1.54) is 5.56 Å². The van der Waals surface area contributed by atoms with E-state index in [1.54, 1.807) is 11.9 Å². The minimum absolute atomic E-state index is 0.0641. The van der Waals surface area contributed by atoms with Gasteiger partial charge in [-0.15, -0.1) is 0 Å². The Kier molecular flexibility index (Phi) is 6.55. The zero-order chi connectivity index (χ0) is 16.7. The fourth-order valence-electron chi connectivity index (χ4n) is 2.69. The van der Waals surface area contributed by atoms with Gasteiger partial charge in [0.1, 0.15) is 0 Å². The zero-order valence-electron chi connectivity index (χ0n) is 13.6. The SMILES string of the molecule is CN(CCC(=O)O)CC(=O)N1CCN(Cc2ccccc2)CC1. The van der Waals surface area contributed by atoms with Crippen molar-refractivity contribution in [1.29, 1.82) is 0 Å². The van der Waals surface area contributed by atoms with E-state index in [2.05, 4.69) is 17.0 Å². The number of nitrogens with zero attached hydrogens (tertiary/aromatic N) is 3. The minimum Gasteiger partial charge on any atom is -0.481 e. The molecule has 1 heterocycles. The molecule has 1 N–H and O–H groups in total. The van der Waals surface area contributed by atoms with Gasteiger partial charge in [0, 0.05) is 39.3 Å². The molecule has 0 radical (unpaired) electrons. The highest BCUT2D eigenvalue weighted by Crippen LogP contribution is 2.08. The van der Waals surface area contributed by atoms with Gasteiger partial charge in [-0.1, -0.05) is 30.3 Å². The van der Waals surface area contributed by atoms with Crippen molar-refractivity contribution in [2.75, 3.05) is 46.3 Å². The first kappa shape index (κ1) is 17.4. The molecule has 6 nitrogen and oxygen atoms in total. The molecule has 1 amide bonds. The third kappa shape index (κ3) is 6.00. The second-order valence-electron chi connectivity index (χ2n) is 6.02. The van der Waals surface area contributed by atoms with Gasteiger partial charge in [-0.3, -0.25) is 19.4 Å². The molecule has 0 unspecified atom stereocenters. The predicted molar refractivity (Wildman–Crippen MR) is 88.0 cm³/mol. The fourth-order valence-corrected chi connectivity index (χ4v) is 2.69. The number of likely N-dealkylation sites (N-methyl/N-ethyl adjacent to an activating group) is 1. The van der Waals surface area contributed by atoms with Crippen LogP contribution in [0.5, 0.6) is 0 Å². The highest BCUT2D eigenvalue weighted by Gasteiger charge is 2.21. The van der Waals surface area contributed by atoms with Gasteiger partial charge in [-0.05, 0) is 12.6 Å². The van der Waals surface area contributed by atoms with Crippen LogP contribution in [-0.4, -0.2) is 78.0 Å². The number of carbonyl (C=O) groups excluding carboxylic acids is 1.